The number of pyridine rings is 1. The van der Waals surface area contributed by atoms with Crippen molar-refractivity contribution >= 4 is 32.4 Å². The second kappa shape index (κ2) is 16.7. The first-order valence-electron chi connectivity index (χ1n) is 22.3. The van der Waals surface area contributed by atoms with Crippen molar-refractivity contribution in [2.45, 2.75) is 0 Å². The molecule has 2 aromatic heterocycles. The van der Waals surface area contributed by atoms with Gasteiger partial charge >= 0.3 is 0 Å². The molecule has 0 atom stereocenters. The van der Waals surface area contributed by atoms with Crippen LogP contribution in [0.4, 0.5) is 0 Å². The number of aromatic nitrogens is 4. The number of hydrogen-bond acceptors (Lipinski definition) is 4. The molecule has 0 fully saturated rings. The van der Waals surface area contributed by atoms with E-state index in [4.69, 9.17) is 19.9 Å². The number of fused-ring (bicyclic) bond motifs is 4. The number of nitrogens with zero attached hydrogens (tertiary/aromatic N) is 4. The molecule has 4 nitrogen and oxygen atoms in total. The fraction of sp³-hybridized carbons (Fsp3) is 0. The van der Waals surface area contributed by atoms with Crippen LogP contribution < -0.4 is 0 Å². The van der Waals surface area contributed by atoms with Crippen molar-refractivity contribution in [1.29, 1.82) is 0 Å². The highest BCUT2D eigenvalue weighted by Gasteiger charge is 2.18. The molecule has 0 aliphatic rings. The van der Waals surface area contributed by atoms with E-state index in [0.29, 0.717) is 17.5 Å². The Labute approximate surface area is 383 Å². The van der Waals surface area contributed by atoms with Crippen LogP contribution in [0.5, 0.6) is 0 Å². The maximum absolute atomic E-state index is 5.23. The zero-order valence-corrected chi connectivity index (χ0v) is 35.9. The van der Waals surface area contributed by atoms with Crippen molar-refractivity contribution in [3.8, 4) is 89.9 Å². The van der Waals surface area contributed by atoms with E-state index in [9.17, 15) is 0 Å². The van der Waals surface area contributed by atoms with Crippen LogP contribution in [0.3, 0.4) is 0 Å². The summed E-state index contributed by atoms with van der Waals surface area (Å²) in [6.07, 6.45) is 0. The topological polar surface area (TPSA) is 51.6 Å². The van der Waals surface area contributed by atoms with E-state index < -0.39 is 0 Å². The molecule has 0 N–H and O–H groups in total. The first kappa shape index (κ1) is 38.8. The molecule has 0 amide bonds. The lowest BCUT2D eigenvalue weighted by Gasteiger charge is -2.15. The third kappa shape index (κ3) is 7.27. The van der Waals surface area contributed by atoms with Gasteiger partial charge in [0.1, 0.15) is 0 Å². The van der Waals surface area contributed by atoms with Gasteiger partial charge in [0.2, 0.25) is 0 Å². The van der Waals surface area contributed by atoms with Gasteiger partial charge in [-0.15, -0.1) is 0 Å². The van der Waals surface area contributed by atoms with Crippen molar-refractivity contribution < 1.29 is 0 Å². The summed E-state index contributed by atoms with van der Waals surface area (Å²) >= 11 is 0. The van der Waals surface area contributed by atoms with Crippen LogP contribution in [-0.4, -0.2) is 19.9 Å². The summed E-state index contributed by atoms with van der Waals surface area (Å²) in [5.41, 5.74) is 14.9. The Bertz CT molecular complexity index is 3620. The summed E-state index contributed by atoms with van der Waals surface area (Å²) in [5, 5.41) is 5.71. The monoisotopic (exact) mass is 840 g/mol. The highest BCUT2D eigenvalue weighted by atomic mass is 15.0. The minimum atomic E-state index is 0.620. The van der Waals surface area contributed by atoms with Gasteiger partial charge in [0.05, 0.1) is 11.2 Å². The number of hydrogen-bond donors (Lipinski definition) is 0. The van der Waals surface area contributed by atoms with Gasteiger partial charge in [0.25, 0.3) is 0 Å². The van der Waals surface area contributed by atoms with Crippen LogP contribution >= 0.6 is 0 Å². The van der Waals surface area contributed by atoms with Crippen LogP contribution in [0, 0.1) is 0 Å². The molecule has 2 heterocycles. The molecule has 0 saturated heterocycles. The molecular weight excluding hydrogens is 801 g/mol. The molecule has 0 bridgehead atoms. The van der Waals surface area contributed by atoms with Crippen molar-refractivity contribution in [3.05, 3.63) is 243 Å². The Morgan fingerprint density at radius 1 is 0.227 bits per heavy atom. The molecule has 0 aliphatic carbocycles. The zero-order valence-electron chi connectivity index (χ0n) is 35.9. The van der Waals surface area contributed by atoms with Gasteiger partial charge in [0.15, 0.2) is 17.5 Å². The highest BCUT2D eigenvalue weighted by molar-refractivity contribution is 6.14. The smallest absolute Gasteiger partial charge is 0.164 e. The van der Waals surface area contributed by atoms with E-state index in [1.807, 2.05) is 18.2 Å². The van der Waals surface area contributed by atoms with Crippen molar-refractivity contribution in [2.75, 3.05) is 0 Å². The lowest BCUT2D eigenvalue weighted by Crippen LogP contribution is -2.01. The minimum Gasteiger partial charge on any atom is -0.248 e. The summed E-state index contributed by atoms with van der Waals surface area (Å²) in [6.45, 7) is 0. The summed E-state index contributed by atoms with van der Waals surface area (Å²) in [6, 6.07) is 85.4. The zero-order chi connectivity index (χ0) is 43.8. The first-order chi connectivity index (χ1) is 32.7. The second-order valence-corrected chi connectivity index (χ2v) is 16.6. The molecule has 0 aliphatic heterocycles. The molecule has 308 valence electrons. The fourth-order valence-electron chi connectivity index (χ4n) is 9.23. The Hall–Kier alpha value is -8.86. The first-order valence-corrected chi connectivity index (χ1v) is 22.3. The van der Waals surface area contributed by atoms with Gasteiger partial charge in [-0.2, -0.15) is 0 Å². The third-order valence-electron chi connectivity index (χ3n) is 12.6. The van der Waals surface area contributed by atoms with Crippen molar-refractivity contribution in [3.63, 3.8) is 0 Å². The van der Waals surface area contributed by atoms with Crippen LogP contribution in [0.1, 0.15) is 0 Å². The highest BCUT2D eigenvalue weighted by Crippen LogP contribution is 2.41. The molecule has 4 heteroatoms. The van der Waals surface area contributed by atoms with E-state index in [-0.39, 0.29) is 0 Å². The van der Waals surface area contributed by atoms with E-state index in [2.05, 4.69) is 224 Å². The maximum atomic E-state index is 5.23. The number of benzene rings is 10. The van der Waals surface area contributed by atoms with Gasteiger partial charge in [-0.3, -0.25) is 0 Å². The molecule has 0 saturated carbocycles. The second-order valence-electron chi connectivity index (χ2n) is 16.6. The third-order valence-corrected chi connectivity index (χ3v) is 12.6. The van der Waals surface area contributed by atoms with Gasteiger partial charge in [-0.25, -0.2) is 19.9 Å². The van der Waals surface area contributed by atoms with Gasteiger partial charge in [0, 0.05) is 27.6 Å². The standard InChI is InChI=1S/C62H40N4/c1-4-15-41(16-5-1)43-27-31-47(32-28-43)60-64-61(48-33-29-44(30-34-48)42-17-6-2-7-18-42)66-62(65-60)55-37-36-51(53-25-12-13-26-54(53)55)49-22-14-23-50(39-49)56-40-58(46-20-8-3-9-21-46)63-57-38-35-45-19-10-11-24-52(45)59(56)57/h1-40H. The molecule has 0 unspecified atom stereocenters. The van der Waals surface area contributed by atoms with Crippen LogP contribution in [-0.2, 0) is 0 Å². The van der Waals surface area contributed by atoms with Crippen LogP contribution in [0.2, 0.25) is 0 Å². The lowest BCUT2D eigenvalue weighted by atomic mass is 9.90. The summed E-state index contributed by atoms with van der Waals surface area (Å²) in [5.74, 6) is 1.86. The average molecular weight is 841 g/mol. The normalized spacial score (nSPS) is 11.3. The molecular formula is C62H40N4. The average Bonchev–Trinajstić information content (AvgIpc) is 3.41. The van der Waals surface area contributed by atoms with Gasteiger partial charge in [-0.05, 0) is 90.3 Å². The van der Waals surface area contributed by atoms with Crippen LogP contribution in [0.25, 0.3) is 122 Å². The largest absolute Gasteiger partial charge is 0.248 e. The quantitative estimate of drug-likeness (QED) is 0.143. The summed E-state index contributed by atoms with van der Waals surface area (Å²) in [7, 11) is 0. The molecule has 0 spiro atoms. The summed E-state index contributed by atoms with van der Waals surface area (Å²) in [4.78, 5) is 20.8. The van der Waals surface area contributed by atoms with E-state index in [1.165, 1.54) is 10.8 Å². The molecule has 10 aromatic carbocycles. The van der Waals surface area contributed by atoms with E-state index >= 15 is 0 Å². The van der Waals surface area contributed by atoms with Gasteiger partial charge in [-0.1, -0.05) is 218 Å². The summed E-state index contributed by atoms with van der Waals surface area (Å²) < 4.78 is 0. The minimum absolute atomic E-state index is 0.620. The molecule has 12 aromatic rings. The van der Waals surface area contributed by atoms with Crippen molar-refractivity contribution in [2.24, 2.45) is 0 Å². The maximum Gasteiger partial charge on any atom is 0.164 e. The Balaban J connectivity index is 0.991. The van der Waals surface area contributed by atoms with Crippen molar-refractivity contribution in [1.82, 2.24) is 19.9 Å². The Morgan fingerprint density at radius 2 is 0.667 bits per heavy atom. The van der Waals surface area contributed by atoms with Gasteiger partial charge < -0.3 is 0 Å². The van der Waals surface area contributed by atoms with Crippen LogP contribution in [0.15, 0.2) is 243 Å². The molecule has 66 heavy (non-hydrogen) atoms. The predicted octanol–water partition coefficient (Wildman–Crippen LogP) is 16.1. The Morgan fingerprint density at radius 3 is 1.27 bits per heavy atom. The predicted molar refractivity (Wildman–Crippen MR) is 274 cm³/mol. The lowest BCUT2D eigenvalue weighted by molar-refractivity contribution is 1.08. The fourth-order valence-corrected chi connectivity index (χ4v) is 9.23. The molecule has 12 rings (SSSR count). The SMILES string of the molecule is c1ccc(-c2ccc(-c3nc(-c4ccc(-c5ccccc5)cc4)nc(-c4ccc(-c5cccc(-c6cc(-c7ccccc7)nc7ccc8ccccc8c67)c5)c5ccccc45)n3)cc2)cc1. The van der Waals surface area contributed by atoms with E-state index in [0.717, 1.165) is 94.1 Å². The number of rotatable bonds is 8. The molecule has 0 radical (unpaired) electrons. The van der Waals surface area contributed by atoms with E-state index in [1.54, 1.807) is 0 Å². The Kier molecular flexibility index (Phi) is 9.81.